The van der Waals surface area contributed by atoms with Crippen molar-refractivity contribution in [1.29, 1.82) is 0 Å². The van der Waals surface area contributed by atoms with Crippen LogP contribution in [-0.2, 0) is 16.1 Å². The van der Waals surface area contributed by atoms with Crippen LogP contribution in [0.4, 0.5) is 0 Å². The molecular formula is C18H22N2O3S. The first-order chi connectivity index (χ1) is 11.5. The van der Waals surface area contributed by atoms with Gasteiger partial charge in [-0.15, -0.1) is 11.3 Å². The maximum absolute atomic E-state index is 12.4. The molecule has 1 N–H and O–H groups in total. The highest BCUT2D eigenvalue weighted by Gasteiger charge is 2.24. The zero-order valence-corrected chi connectivity index (χ0v) is 14.9. The third kappa shape index (κ3) is 5.45. The lowest BCUT2D eigenvalue weighted by Gasteiger charge is -2.19. The number of amides is 1. The Kier molecular flexibility index (Phi) is 6.49. The molecule has 2 aromatic rings. The third-order valence-electron chi connectivity index (χ3n) is 3.37. The van der Waals surface area contributed by atoms with Crippen LogP contribution in [0.5, 0.6) is 0 Å². The first-order valence-corrected chi connectivity index (χ1v) is 8.77. The van der Waals surface area contributed by atoms with Crippen molar-refractivity contribution in [3.05, 3.63) is 52.0 Å². The fourth-order valence-corrected chi connectivity index (χ4v) is 2.81. The first kappa shape index (κ1) is 18.1. The van der Waals surface area contributed by atoms with E-state index in [1.807, 2.05) is 51.1 Å². The van der Waals surface area contributed by atoms with E-state index in [9.17, 15) is 9.59 Å². The summed E-state index contributed by atoms with van der Waals surface area (Å²) < 4.78 is 5.36. The standard InChI is InChI=1S/C18H22N2O3S/c1-12(2)9-15(20-17(21)16-11-24-13(3)19-16)18(22)23-10-14-7-5-4-6-8-14/h4-8,11-12,15H,9-10H2,1-3H3,(H,20,21)/t15-/m0/s1. The maximum Gasteiger partial charge on any atom is 0.328 e. The van der Waals surface area contributed by atoms with Crippen molar-refractivity contribution in [2.24, 2.45) is 5.92 Å². The minimum atomic E-state index is -0.678. The van der Waals surface area contributed by atoms with Gasteiger partial charge in [-0.2, -0.15) is 0 Å². The average molecular weight is 346 g/mol. The molecule has 1 amide bonds. The fourth-order valence-electron chi connectivity index (χ4n) is 2.21. The summed E-state index contributed by atoms with van der Waals surface area (Å²) in [6.45, 7) is 6.02. The minimum absolute atomic E-state index is 0.194. The van der Waals surface area contributed by atoms with Gasteiger partial charge in [-0.3, -0.25) is 4.79 Å². The van der Waals surface area contributed by atoms with E-state index in [2.05, 4.69) is 10.3 Å². The molecule has 0 aliphatic carbocycles. The van der Waals surface area contributed by atoms with E-state index in [-0.39, 0.29) is 18.4 Å². The van der Waals surface area contributed by atoms with Crippen molar-refractivity contribution in [1.82, 2.24) is 10.3 Å². The predicted molar refractivity (Wildman–Crippen MR) is 93.8 cm³/mol. The van der Waals surface area contributed by atoms with Crippen LogP contribution in [0.25, 0.3) is 0 Å². The predicted octanol–water partition coefficient (Wildman–Crippen LogP) is 3.34. The number of nitrogens with zero attached hydrogens (tertiary/aromatic N) is 1. The smallest absolute Gasteiger partial charge is 0.328 e. The average Bonchev–Trinajstić information content (AvgIpc) is 2.99. The van der Waals surface area contributed by atoms with Crippen molar-refractivity contribution < 1.29 is 14.3 Å². The van der Waals surface area contributed by atoms with Crippen molar-refractivity contribution >= 4 is 23.2 Å². The topological polar surface area (TPSA) is 68.3 Å². The third-order valence-corrected chi connectivity index (χ3v) is 4.15. The summed E-state index contributed by atoms with van der Waals surface area (Å²) in [7, 11) is 0. The van der Waals surface area contributed by atoms with Crippen LogP contribution in [0, 0.1) is 12.8 Å². The van der Waals surface area contributed by atoms with Gasteiger partial charge in [-0.1, -0.05) is 44.2 Å². The van der Waals surface area contributed by atoms with Crippen LogP contribution in [0.3, 0.4) is 0 Å². The Morgan fingerprint density at radius 2 is 1.96 bits per heavy atom. The van der Waals surface area contributed by atoms with Crippen molar-refractivity contribution in [3.8, 4) is 0 Å². The van der Waals surface area contributed by atoms with Gasteiger partial charge in [0, 0.05) is 5.38 Å². The molecule has 0 bridgehead atoms. The second kappa shape index (κ2) is 8.59. The molecule has 2 rings (SSSR count). The summed E-state index contributed by atoms with van der Waals surface area (Å²) >= 11 is 1.40. The van der Waals surface area contributed by atoms with E-state index in [1.165, 1.54) is 11.3 Å². The van der Waals surface area contributed by atoms with Gasteiger partial charge in [0.2, 0.25) is 0 Å². The number of esters is 1. The number of thiazole rings is 1. The molecule has 6 heteroatoms. The highest BCUT2D eigenvalue weighted by atomic mass is 32.1. The van der Waals surface area contributed by atoms with Crippen molar-refractivity contribution in [2.75, 3.05) is 0 Å². The summed E-state index contributed by atoms with van der Waals surface area (Å²) in [5.41, 5.74) is 1.25. The molecule has 1 atom stereocenters. The SMILES string of the molecule is Cc1nc(C(=O)N[C@@H](CC(C)C)C(=O)OCc2ccccc2)cs1. The number of ether oxygens (including phenoxy) is 1. The Morgan fingerprint density at radius 3 is 2.54 bits per heavy atom. The van der Waals surface area contributed by atoms with E-state index in [0.29, 0.717) is 12.1 Å². The van der Waals surface area contributed by atoms with E-state index in [0.717, 1.165) is 10.6 Å². The van der Waals surface area contributed by atoms with Gasteiger partial charge in [0.25, 0.3) is 5.91 Å². The number of nitrogens with one attached hydrogen (secondary N) is 1. The van der Waals surface area contributed by atoms with Gasteiger partial charge >= 0.3 is 5.97 Å². The molecule has 128 valence electrons. The molecule has 0 saturated heterocycles. The molecule has 1 aromatic carbocycles. The number of aryl methyl sites for hydroxylation is 1. The largest absolute Gasteiger partial charge is 0.459 e. The highest BCUT2D eigenvalue weighted by molar-refractivity contribution is 7.09. The zero-order chi connectivity index (χ0) is 17.5. The Morgan fingerprint density at radius 1 is 1.25 bits per heavy atom. The number of benzene rings is 1. The van der Waals surface area contributed by atoms with Crippen molar-refractivity contribution in [3.63, 3.8) is 0 Å². The van der Waals surface area contributed by atoms with E-state index < -0.39 is 12.0 Å². The summed E-state index contributed by atoms with van der Waals surface area (Å²) in [6.07, 6.45) is 0.516. The van der Waals surface area contributed by atoms with Gasteiger partial charge in [-0.25, -0.2) is 9.78 Å². The molecule has 1 heterocycles. The molecule has 1 aromatic heterocycles. The quantitative estimate of drug-likeness (QED) is 0.781. The van der Waals surface area contributed by atoms with Crippen LogP contribution in [0.1, 0.15) is 41.3 Å². The number of hydrogen-bond acceptors (Lipinski definition) is 5. The van der Waals surface area contributed by atoms with Gasteiger partial charge in [0.15, 0.2) is 0 Å². The number of hydrogen-bond donors (Lipinski definition) is 1. The molecule has 0 radical (unpaired) electrons. The van der Waals surface area contributed by atoms with Gasteiger partial charge in [-0.05, 0) is 24.8 Å². The monoisotopic (exact) mass is 346 g/mol. The molecular weight excluding hydrogens is 324 g/mol. The van der Waals surface area contributed by atoms with Gasteiger partial charge in [0.05, 0.1) is 5.01 Å². The zero-order valence-electron chi connectivity index (χ0n) is 14.1. The number of rotatable bonds is 7. The van der Waals surface area contributed by atoms with Crippen LogP contribution in [0.15, 0.2) is 35.7 Å². The van der Waals surface area contributed by atoms with Crippen LogP contribution in [-0.4, -0.2) is 22.9 Å². The Balaban J connectivity index is 1.98. The molecule has 0 aliphatic rings. The molecule has 5 nitrogen and oxygen atoms in total. The first-order valence-electron chi connectivity index (χ1n) is 7.89. The number of aromatic nitrogens is 1. The lowest BCUT2D eigenvalue weighted by atomic mass is 10.0. The second-order valence-electron chi connectivity index (χ2n) is 6.00. The highest BCUT2D eigenvalue weighted by Crippen LogP contribution is 2.12. The normalized spacial score (nSPS) is 12.0. The minimum Gasteiger partial charge on any atom is -0.459 e. The van der Waals surface area contributed by atoms with Gasteiger partial charge < -0.3 is 10.1 Å². The summed E-state index contributed by atoms with van der Waals surface area (Å²) in [4.78, 5) is 28.8. The van der Waals surface area contributed by atoms with Crippen LogP contribution >= 0.6 is 11.3 Å². The van der Waals surface area contributed by atoms with Crippen molar-refractivity contribution in [2.45, 2.75) is 39.8 Å². The molecule has 0 aliphatic heterocycles. The van der Waals surface area contributed by atoms with Gasteiger partial charge in [0.1, 0.15) is 18.3 Å². The molecule has 0 fully saturated rings. The van der Waals surface area contributed by atoms with E-state index in [4.69, 9.17) is 4.74 Å². The summed E-state index contributed by atoms with van der Waals surface area (Å²) in [5.74, 6) is -0.522. The molecule has 24 heavy (non-hydrogen) atoms. The Bertz CT molecular complexity index is 683. The molecule has 0 unspecified atom stereocenters. The molecule has 0 spiro atoms. The fraction of sp³-hybridized carbons (Fsp3) is 0.389. The van der Waals surface area contributed by atoms with Crippen LogP contribution < -0.4 is 5.32 Å². The summed E-state index contributed by atoms with van der Waals surface area (Å²) in [6, 6.07) is 8.79. The number of carbonyl (C=O) groups excluding carboxylic acids is 2. The number of carbonyl (C=O) groups is 2. The lowest BCUT2D eigenvalue weighted by molar-refractivity contribution is -0.147. The maximum atomic E-state index is 12.4. The second-order valence-corrected chi connectivity index (χ2v) is 7.06. The Hall–Kier alpha value is -2.21. The summed E-state index contributed by atoms with van der Waals surface area (Å²) in [5, 5.41) is 5.24. The van der Waals surface area contributed by atoms with E-state index >= 15 is 0 Å². The van der Waals surface area contributed by atoms with E-state index in [1.54, 1.807) is 5.38 Å². The van der Waals surface area contributed by atoms with Crippen LogP contribution in [0.2, 0.25) is 0 Å². The lowest BCUT2D eigenvalue weighted by Crippen LogP contribution is -2.42. The Labute approximate surface area is 146 Å². The molecule has 0 saturated carbocycles.